The zero-order valence-electron chi connectivity index (χ0n) is 14.1. The molecule has 1 aromatic rings. The zero-order chi connectivity index (χ0) is 16.3. The first-order chi connectivity index (χ1) is 11.6. The van der Waals surface area contributed by atoms with E-state index >= 15 is 0 Å². The van der Waals surface area contributed by atoms with Crippen LogP contribution in [0.15, 0.2) is 28.7 Å². The second-order valence-electron chi connectivity index (χ2n) is 8.40. The summed E-state index contributed by atoms with van der Waals surface area (Å²) in [6.07, 6.45) is 6.47. The minimum absolute atomic E-state index is 0.0333. The van der Waals surface area contributed by atoms with Gasteiger partial charge in [-0.3, -0.25) is 0 Å². The molecule has 2 atom stereocenters. The van der Waals surface area contributed by atoms with Gasteiger partial charge in [0.15, 0.2) is 0 Å². The van der Waals surface area contributed by atoms with E-state index in [1.165, 1.54) is 37.7 Å². The van der Waals surface area contributed by atoms with E-state index in [1.807, 2.05) is 0 Å². The van der Waals surface area contributed by atoms with Crippen LogP contribution in [0.3, 0.4) is 0 Å². The highest BCUT2D eigenvalue weighted by Crippen LogP contribution is 2.60. The Morgan fingerprint density at radius 2 is 1.62 bits per heavy atom. The van der Waals surface area contributed by atoms with Crippen LogP contribution in [0.5, 0.6) is 0 Å². The van der Waals surface area contributed by atoms with Gasteiger partial charge >= 0.3 is 0 Å². The smallest absolute Gasteiger partial charge is 0.207 e. The molecule has 0 N–H and O–H groups in total. The Morgan fingerprint density at radius 1 is 1.00 bits per heavy atom. The van der Waals surface area contributed by atoms with Crippen LogP contribution in [0.1, 0.15) is 50.5 Å². The predicted octanol–water partition coefficient (Wildman–Crippen LogP) is 5.05. The SMILES string of the molecule is CC(c1ccc(Br)cc1)C1COC2(OO1)C1CC3CC(C1)CC2C3. The van der Waals surface area contributed by atoms with Crippen molar-refractivity contribution in [1.29, 1.82) is 0 Å². The van der Waals surface area contributed by atoms with E-state index in [9.17, 15) is 0 Å². The fourth-order valence-corrected chi connectivity index (χ4v) is 6.09. The molecule has 4 bridgehead atoms. The molecule has 130 valence electrons. The van der Waals surface area contributed by atoms with Gasteiger partial charge in [-0.2, -0.15) is 0 Å². The summed E-state index contributed by atoms with van der Waals surface area (Å²) in [4.78, 5) is 12.1. The second-order valence-corrected chi connectivity index (χ2v) is 9.31. The van der Waals surface area contributed by atoms with Crippen LogP contribution in [0.4, 0.5) is 0 Å². The van der Waals surface area contributed by atoms with Crippen molar-refractivity contribution < 1.29 is 14.5 Å². The normalized spacial score (nSPS) is 44.8. The first-order valence-electron chi connectivity index (χ1n) is 9.38. The lowest BCUT2D eigenvalue weighted by Gasteiger charge is -2.60. The van der Waals surface area contributed by atoms with Gasteiger partial charge in [0, 0.05) is 22.2 Å². The fourth-order valence-electron chi connectivity index (χ4n) is 5.82. The third-order valence-corrected chi connectivity index (χ3v) is 7.53. The topological polar surface area (TPSA) is 27.7 Å². The van der Waals surface area contributed by atoms with E-state index in [-0.39, 0.29) is 12.0 Å². The highest BCUT2D eigenvalue weighted by molar-refractivity contribution is 9.10. The average molecular weight is 393 g/mol. The highest BCUT2D eigenvalue weighted by Gasteiger charge is 2.61. The van der Waals surface area contributed by atoms with Crippen LogP contribution in [-0.2, 0) is 14.5 Å². The maximum atomic E-state index is 6.46. The molecule has 5 aliphatic rings. The molecule has 0 aromatic heterocycles. The number of ether oxygens (including phenoxy) is 1. The molecule has 3 nitrogen and oxygen atoms in total. The van der Waals surface area contributed by atoms with Crippen LogP contribution >= 0.6 is 15.9 Å². The van der Waals surface area contributed by atoms with E-state index < -0.39 is 5.79 Å². The van der Waals surface area contributed by atoms with Crippen molar-refractivity contribution >= 4 is 15.9 Å². The average Bonchev–Trinajstić information content (AvgIpc) is 2.60. The standard InChI is InChI=1S/C20H25BrO3/c1-12(15-2-4-18(21)5-3-15)19-11-22-20(24-23-19)16-7-13-6-14(9-16)10-17(20)8-13/h2-5,12-14,16-17,19H,6-11H2,1H3. The van der Waals surface area contributed by atoms with Gasteiger partial charge < -0.3 is 4.74 Å². The van der Waals surface area contributed by atoms with Crippen molar-refractivity contribution in [3.8, 4) is 0 Å². The minimum Gasteiger partial charge on any atom is -0.344 e. The van der Waals surface area contributed by atoms with Gasteiger partial charge in [-0.15, -0.1) is 0 Å². The van der Waals surface area contributed by atoms with Gasteiger partial charge in [-0.25, -0.2) is 9.78 Å². The Labute approximate surface area is 152 Å². The van der Waals surface area contributed by atoms with Gasteiger partial charge in [-0.1, -0.05) is 35.0 Å². The number of benzene rings is 1. The Bertz CT molecular complexity index is 576. The number of rotatable bonds is 2. The first kappa shape index (κ1) is 15.8. The van der Waals surface area contributed by atoms with Crippen LogP contribution in [0.25, 0.3) is 0 Å². The third-order valence-electron chi connectivity index (χ3n) is 7.00. The summed E-state index contributed by atoms with van der Waals surface area (Å²) in [6, 6.07) is 8.45. The molecule has 0 amide bonds. The molecule has 2 unspecified atom stereocenters. The van der Waals surface area contributed by atoms with Gasteiger partial charge in [0.25, 0.3) is 0 Å². The summed E-state index contributed by atoms with van der Waals surface area (Å²) in [7, 11) is 0. The quantitative estimate of drug-likeness (QED) is 0.658. The number of halogens is 1. The molecule has 1 spiro atoms. The van der Waals surface area contributed by atoms with Crippen molar-refractivity contribution in [2.45, 2.75) is 56.8 Å². The van der Waals surface area contributed by atoms with Crippen LogP contribution in [0.2, 0.25) is 0 Å². The lowest BCUT2D eigenvalue weighted by atomic mass is 9.53. The Kier molecular flexibility index (Phi) is 3.82. The highest BCUT2D eigenvalue weighted by atomic mass is 79.9. The number of hydrogen-bond acceptors (Lipinski definition) is 3. The second kappa shape index (κ2) is 5.80. The molecule has 24 heavy (non-hydrogen) atoms. The lowest BCUT2D eigenvalue weighted by molar-refractivity contribution is -0.526. The molecule has 6 rings (SSSR count). The van der Waals surface area contributed by atoms with Gasteiger partial charge in [0.2, 0.25) is 5.79 Å². The molecule has 1 saturated heterocycles. The molecule has 1 aromatic carbocycles. The Balaban J connectivity index is 1.30. The predicted molar refractivity (Wildman–Crippen MR) is 94.2 cm³/mol. The molecule has 1 aliphatic heterocycles. The van der Waals surface area contributed by atoms with E-state index in [1.54, 1.807) is 0 Å². The van der Waals surface area contributed by atoms with Crippen molar-refractivity contribution in [2.75, 3.05) is 6.61 Å². The maximum Gasteiger partial charge on any atom is 0.207 e. The number of hydrogen-bond donors (Lipinski definition) is 0. The monoisotopic (exact) mass is 392 g/mol. The Hall–Kier alpha value is -0.420. The van der Waals surface area contributed by atoms with E-state index in [2.05, 4.69) is 47.1 Å². The van der Waals surface area contributed by atoms with Crippen molar-refractivity contribution in [3.63, 3.8) is 0 Å². The summed E-state index contributed by atoms with van der Waals surface area (Å²) in [5.41, 5.74) is 1.26. The summed E-state index contributed by atoms with van der Waals surface area (Å²) in [6.45, 7) is 2.83. The summed E-state index contributed by atoms with van der Waals surface area (Å²) < 4.78 is 7.56. The third kappa shape index (κ3) is 2.41. The molecule has 0 radical (unpaired) electrons. The molecule has 4 aliphatic carbocycles. The zero-order valence-corrected chi connectivity index (χ0v) is 15.7. The van der Waals surface area contributed by atoms with Gasteiger partial charge in [0.05, 0.1) is 6.61 Å². The van der Waals surface area contributed by atoms with E-state index in [0.29, 0.717) is 18.4 Å². The van der Waals surface area contributed by atoms with E-state index in [4.69, 9.17) is 14.5 Å². The van der Waals surface area contributed by atoms with Crippen molar-refractivity contribution in [2.24, 2.45) is 23.7 Å². The Morgan fingerprint density at radius 3 is 2.17 bits per heavy atom. The van der Waals surface area contributed by atoms with Crippen molar-refractivity contribution in [3.05, 3.63) is 34.3 Å². The fraction of sp³-hybridized carbons (Fsp3) is 0.700. The van der Waals surface area contributed by atoms with Crippen LogP contribution in [0, 0.1) is 23.7 Å². The summed E-state index contributed by atoms with van der Waals surface area (Å²) >= 11 is 3.49. The molecule has 5 fully saturated rings. The van der Waals surface area contributed by atoms with Gasteiger partial charge in [0.1, 0.15) is 6.10 Å². The largest absolute Gasteiger partial charge is 0.344 e. The molecule has 4 saturated carbocycles. The van der Waals surface area contributed by atoms with Crippen molar-refractivity contribution in [1.82, 2.24) is 0 Å². The summed E-state index contributed by atoms with van der Waals surface area (Å²) in [5.74, 6) is 2.71. The summed E-state index contributed by atoms with van der Waals surface area (Å²) in [5, 5.41) is 0. The maximum absolute atomic E-state index is 6.46. The van der Waals surface area contributed by atoms with Crippen LogP contribution < -0.4 is 0 Å². The molecular formula is C20H25BrO3. The van der Waals surface area contributed by atoms with Gasteiger partial charge in [-0.05, 0) is 61.6 Å². The molecular weight excluding hydrogens is 368 g/mol. The molecule has 4 heteroatoms. The van der Waals surface area contributed by atoms with Crippen LogP contribution in [-0.4, -0.2) is 18.5 Å². The lowest BCUT2D eigenvalue weighted by Crippen LogP contribution is -2.63. The first-order valence-corrected chi connectivity index (χ1v) is 10.2. The minimum atomic E-state index is -0.441. The molecule has 1 heterocycles. The van der Waals surface area contributed by atoms with E-state index in [0.717, 1.165) is 16.3 Å².